The lowest BCUT2D eigenvalue weighted by Crippen LogP contribution is -2.36. The molecule has 0 aliphatic carbocycles. The molecule has 102 valence electrons. The number of rotatable bonds is 10. The van der Waals surface area contributed by atoms with Gasteiger partial charge in [-0.25, -0.2) is 4.79 Å². The van der Waals surface area contributed by atoms with Crippen LogP contribution in [0, 0.1) is 12.3 Å². The van der Waals surface area contributed by atoms with Crippen molar-refractivity contribution in [2.24, 2.45) is 0 Å². The van der Waals surface area contributed by atoms with E-state index in [-0.39, 0.29) is 12.5 Å². The molecule has 3 N–H and O–H groups in total. The highest BCUT2D eigenvalue weighted by Crippen LogP contribution is 1.98. The van der Waals surface area contributed by atoms with Gasteiger partial charge in [0.2, 0.25) is 0 Å². The minimum atomic E-state index is -0.771. The van der Waals surface area contributed by atoms with Crippen LogP contribution in [-0.2, 0) is 4.79 Å². The smallest absolute Gasteiger partial charge is 0.314 e. The fourth-order valence-electron chi connectivity index (χ4n) is 1.40. The number of terminal acetylenes is 1. The molecule has 0 radical (unpaired) electrons. The summed E-state index contributed by atoms with van der Waals surface area (Å²) in [5.41, 5.74) is 0. The van der Waals surface area contributed by atoms with Crippen molar-refractivity contribution in [1.29, 1.82) is 0 Å². The predicted octanol–water partition coefficient (Wildman–Crippen LogP) is 1.73. The van der Waals surface area contributed by atoms with Gasteiger partial charge in [-0.3, -0.25) is 4.79 Å². The molecule has 0 unspecified atom stereocenters. The molecule has 0 spiro atoms. The Labute approximate surface area is 108 Å². The van der Waals surface area contributed by atoms with Gasteiger partial charge in [-0.1, -0.05) is 6.42 Å². The molecule has 0 fully saturated rings. The molecule has 0 bridgehead atoms. The molecule has 5 nitrogen and oxygen atoms in total. The third-order valence-corrected chi connectivity index (χ3v) is 2.39. The molecule has 5 heteroatoms. The molecular formula is C13H22N2O3. The average molecular weight is 254 g/mol. The molecule has 0 aliphatic rings. The molecule has 0 rings (SSSR count). The van der Waals surface area contributed by atoms with Crippen molar-refractivity contribution >= 4 is 12.0 Å². The van der Waals surface area contributed by atoms with Gasteiger partial charge in [0.25, 0.3) is 0 Å². The first-order valence-electron chi connectivity index (χ1n) is 6.33. The van der Waals surface area contributed by atoms with Gasteiger partial charge in [0.1, 0.15) is 0 Å². The molecule has 0 saturated heterocycles. The Hall–Kier alpha value is -1.70. The first-order valence-corrected chi connectivity index (χ1v) is 6.33. The van der Waals surface area contributed by atoms with Crippen LogP contribution in [0.1, 0.15) is 44.9 Å². The van der Waals surface area contributed by atoms with Gasteiger partial charge < -0.3 is 15.7 Å². The van der Waals surface area contributed by atoms with Crippen molar-refractivity contribution in [3.05, 3.63) is 0 Å². The molecule has 2 amide bonds. The highest BCUT2D eigenvalue weighted by atomic mass is 16.4. The fourth-order valence-corrected chi connectivity index (χ4v) is 1.40. The second kappa shape index (κ2) is 11.8. The minimum absolute atomic E-state index is 0.172. The quantitative estimate of drug-likeness (QED) is 0.410. The summed E-state index contributed by atoms with van der Waals surface area (Å²) >= 11 is 0. The van der Waals surface area contributed by atoms with E-state index in [1.165, 1.54) is 0 Å². The van der Waals surface area contributed by atoms with E-state index in [0.29, 0.717) is 19.5 Å². The number of unbranched alkanes of at least 4 members (excludes halogenated alkanes) is 4. The molecule has 0 atom stereocenters. The highest BCUT2D eigenvalue weighted by molar-refractivity contribution is 5.73. The number of hydrogen-bond donors (Lipinski definition) is 3. The van der Waals surface area contributed by atoms with Crippen molar-refractivity contribution < 1.29 is 14.7 Å². The summed E-state index contributed by atoms with van der Waals surface area (Å²) in [6.07, 6.45) is 10.1. The number of amides is 2. The molecule has 0 aliphatic heterocycles. The SMILES string of the molecule is C#CCCCCNC(=O)NCCCCCC(=O)O. The monoisotopic (exact) mass is 254 g/mol. The van der Waals surface area contributed by atoms with E-state index in [1.807, 2.05) is 0 Å². The summed E-state index contributed by atoms with van der Waals surface area (Å²) in [5, 5.41) is 13.9. The van der Waals surface area contributed by atoms with E-state index in [4.69, 9.17) is 11.5 Å². The zero-order valence-corrected chi connectivity index (χ0v) is 10.7. The van der Waals surface area contributed by atoms with Crippen LogP contribution in [0.15, 0.2) is 0 Å². The molecule has 0 aromatic rings. The van der Waals surface area contributed by atoms with Crippen LogP contribution < -0.4 is 10.6 Å². The fraction of sp³-hybridized carbons (Fsp3) is 0.692. The molecule has 0 aromatic heterocycles. The third-order valence-electron chi connectivity index (χ3n) is 2.39. The topological polar surface area (TPSA) is 78.4 Å². The summed E-state index contributed by atoms with van der Waals surface area (Å²) in [6.45, 7) is 1.21. The lowest BCUT2D eigenvalue weighted by Gasteiger charge is -2.06. The Morgan fingerprint density at radius 3 is 2.17 bits per heavy atom. The van der Waals surface area contributed by atoms with Gasteiger partial charge in [-0.05, 0) is 25.7 Å². The number of carboxylic acids is 1. The number of carbonyl (C=O) groups is 2. The molecule has 0 heterocycles. The number of urea groups is 1. The standard InChI is InChI=1S/C13H22N2O3/c1-2-3-4-7-10-14-13(18)15-11-8-5-6-9-12(16)17/h1H,3-11H2,(H,16,17)(H2,14,15,18). The van der Waals surface area contributed by atoms with Crippen molar-refractivity contribution in [2.45, 2.75) is 44.9 Å². The van der Waals surface area contributed by atoms with E-state index >= 15 is 0 Å². The first kappa shape index (κ1) is 16.3. The highest BCUT2D eigenvalue weighted by Gasteiger charge is 1.99. The number of aliphatic carboxylic acids is 1. The van der Waals surface area contributed by atoms with Crippen molar-refractivity contribution in [3.63, 3.8) is 0 Å². The summed E-state index contributed by atoms with van der Waals surface area (Å²) < 4.78 is 0. The summed E-state index contributed by atoms with van der Waals surface area (Å²) in [4.78, 5) is 21.5. The van der Waals surface area contributed by atoms with Crippen LogP contribution in [0.5, 0.6) is 0 Å². The third kappa shape index (κ3) is 12.4. The Morgan fingerprint density at radius 1 is 1.00 bits per heavy atom. The summed E-state index contributed by atoms with van der Waals surface area (Å²) in [5.74, 6) is 1.78. The molecular weight excluding hydrogens is 232 g/mol. The Kier molecular flexibility index (Phi) is 10.7. The van der Waals surface area contributed by atoms with E-state index in [2.05, 4.69) is 16.6 Å². The van der Waals surface area contributed by atoms with Gasteiger partial charge in [0.15, 0.2) is 0 Å². The average Bonchev–Trinajstić information content (AvgIpc) is 2.33. The maximum Gasteiger partial charge on any atom is 0.314 e. The zero-order valence-electron chi connectivity index (χ0n) is 10.7. The normalized spacial score (nSPS) is 9.50. The molecule has 0 saturated carbocycles. The van der Waals surface area contributed by atoms with Gasteiger partial charge in [-0.2, -0.15) is 0 Å². The van der Waals surface area contributed by atoms with Crippen LogP contribution in [0.2, 0.25) is 0 Å². The van der Waals surface area contributed by atoms with E-state index in [9.17, 15) is 9.59 Å². The zero-order chi connectivity index (χ0) is 13.6. The van der Waals surface area contributed by atoms with Crippen molar-refractivity contribution in [1.82, 2.24) is 10.6 Å². The summed E-state index contributed by atoms with van der Waals surface area (Å²) in [7, 11) is 0. The maximum atomic E-state index is 11.3. The first-order chi connectivity index (χ1) is 8.66. The van der Waals surface area contributed by atoms with Gasteiger partial charge in [0, 0.05) is 25.9 Å². The van der Waals surface area contributed by atoms with Crippen LogP contribution in [-0.4, -0.2) is 30.2 Å². The molecule has 0 aromatic carbocycles. The second-order valence-corrected chi connectivity index (χ2v) is 4.05. The van der Waals surface area contributed by atoms with E-state index < -0.39 is 5.97 Å². The Morgan fingerprint density at radius 2 is 1.61 bits per heavy atom. The Bertz CT molecular complexity index is 284. The van der Waals surface area contributed by atoms with E-state index in [0.717, 1.165) is 32.1 Å². The van der Waals surface area contributed by atoms with Gasteiger partial charge in [0.05, 0.1) is 0 Å². The number of carboxylic acid groups (broad SMARTS) is 1. The number of carbonyl (C=O) groups excluding carboxylic acids is 1. The minimum Gasteiger partial charge on any atom is -0.481 e. The van der Waals surface area contributed by atoms with Crippen LogP contribution in [0.4, 0.5) is 4.79 Å². The Balaban J connectivity index is 3.22. The largest absolute Gasteiger partial charge is 0.481 e. The van der Waals surface area contributed by atoms with Crippen LogP contribution in [0.3, 0.4) is 0 Å². The van der Waals surface area contributed by atoms with Crippen molar-refractivity contribution in [2.75, 3.05) is 13.1 Å². The lowest BCUT2D eigenvalue weighted by atomic mass is 10.2. The van der Waals surface area contributed by atoms with Crippen LogP contribution >= 0.6 is 0 Å². The predicted molar refractivity (Wildman–Crippen MR) is 70.2 cm³/mol. The van der Waals surface area contributed by atoms with Crippen LogP contribution in [0.25, 0.3) is 0 Å². The number of nitrogens with one attached hydrogen (secondary N) is 2. The lowest BCUT2D eigenvalue weighted by molar-refractivity contribution is -0.137. The van der Waals surface area contributed by atoms with Gasteiger partial charge >= 0.3 is 12.0 Å². The van der Waals surface area contributed by atoms with Crippen molar-refractivity contribution in [3.8, 4) is 12.3 Å². The number of hydrogen-bond acceptors (Lipinski definition) is 2. The summed E-state index contributed by atoms with van der Waals surface area (Å²) in [6, 6.07) is -0.172. The van der Waals surface area contributed by atoms with Gasteiger partial charge in [-0.15, -0.1) is 12.3 Å². The second-order valence-electron chi connectivity index (χ2n) is 4.05. The maximum absolute atomic E-state index is 11.3. The van der Waals surface area contributed by atoms with E-state index in [1.54, 1.807) is 0 Å². The molecule has 18 heavy (non-hydrogen) atoms.